The molecule has 6 nitrogen and oxygen atoms in total. The molecule has 0 radical (unpaired) electrons. The van der Waals surface area contributed by atoms with Gasteiger partial charge in [-0.2, -0.15) is 0 Å². The molecule has 0 bridgehead atoms. The Morgan fingerprint density at radius 1 is 1.28 bits per heavy atom. The molecular weight excluding hydrogens is 228 g/mol. The molecule has 4 N–H and O–H groups in total. The van der Waals surface area contributed by atoms with Crippen molar-refractivity contribution >= 4 is 22.7 Å². The minimum absolute atomic E-state index is 0.595. The molecule has 3 rings (SSSR count). The largest absolute Gasteiger partial charge is 0.399 e. The van der Waals surface area contributed by atoms with Gasteiger partial charge in [0.05, 0.1) is 23.3 Å². The number of nitrogens with zero attached hydrogens (tertiary/aromatic N) is 3. The van der Waals surface area contributed by atoms with Gasteiger partial charge in [-0.15, -0.1) is 0 Å². The van der Waals surface area contributed by atoms with Crippen LogP contribution in [-0.2, 0) is 6.54 Å². The van der Waals surface area contributed by atoms with Crippen molar-refractivity contribution in [1.29, 1.82) is 0 Å². The maximum atomic E-state index is 5.71. The zero-order chi connectivity index (χ0) is 12.4. The van der Waals surface area contributed by atoms with E-state index in [9.17, 15) is 0 Å². The molecule has 0 atom stereocenters. The molecule has 90 valence electrons. The van der Waals surface area contributed by atoms with Crippen molar-refractivity contribution < 1.29 is 0 Å². The lowest BCUT2D eigenvalue weighted by Crippen LogP contribution is -2.02. The molecule has 1 aromatic carbocycles. The molecular formula is C12H12N6. The third-order valence-corrected chi connectivity index (χ3v) is 2.59. The zero-order valence-electron chi connectivity index (χ0n) is 9.59. The lowest BCUT2D eigenvalue weighted by atomic mass is 10.3. The molecule has 0 amide bonds. The van der Waals surface area contributed by atoms with Gasteiger partial charge in [0.25, 0.3) is 0 Å². The highest BCUT2D eigenvalue weighted by atomic mass is 15.1. The number of benzene rings is 1. The van der Waals surface area contributed by atoms with Gasteiger partial charge in [0, 0.05) is 11.9 Å². The molecule has 6 heteroatoms. The summed E-state index contributed by atoms with van der Waals surface area (Å²) in [6.45, 7) is 0.595. The number of aromatic amines is 1. The van der Waals surface area contributed by atoms with Crippen LogP contribution in [0.5, 0.6) is 0 Å². The fraction of sp³-hybridized carbons (Fsp3) is 0.0833. The van der Waals surface area contributed by atoms with Crippen LogP contribution < -0.4 is 11.1 Å². The molecule has 2 heterocycles. The monoisotopic (exact) mass is 240 g/mol. The van der Waals surface area contributed by atoms with Gasteiger partial charge in [0.2, 0.25) is 5.95 Å². The van der Waals surface area contributed by atoms with Crippen LogP contribution in [0.25, 0.3) is 11.0 Å². The highest BCUT2D eigenvalue weighted by molar-refractivity contribution is 5.80. The molecule has 0 fully saturated rings. The van der Waals surface area contributed by atoms with E-state index in [0.29, 0.717) is 18.2 Å². The molecule has 0 spiro atoms. The lowest BCUT2D eigenvalue weighted by molar-refractivity contribution is 0.991. The molecule has 18 heavy (non-hydrogen) atoms. The molecule has 2 aromatic heterocycles. The summed E-state index contributed by atoms with van der Waals surface area (Å²) in [6.07, 6.45) is 3.24. The van der Waals surface area contributed by atoms with Crippen molar-refractivity contribution in [1.82, 2.24) is 19.9 Å². The summed E-state index contributed by atoms with van der Waals surface area (Å²) >= 11 is 0. The Morgan fingerprint density at radius 2 is 2.22 bits per heavy atom. The Labute approximate surface area is 103 Å². The second kappa shape index (κ2) is 4.33. The predicted octanol–water partition coefficient (Wildman–Crippen LogP) is 1.55. The van der Waals surface area contributed by atoms with Crippen LogP contribution in [0.1, 0.15) is 5.69 Å². The summed E-state index contributed by atoms with van der Waals surface area (Å²) in [5, 5.41) is 3.17. The summed E-state index contributed by atoms with van der Waals surface area (Å²) < 4.78 is 0. The fourth-order valence-corrected chi connectivity index (χ4v) is 1.71. The van der Waals surface area contributed by atoms with Crippen LogP contribution in [0.4, 0.5) is 11.6 Å². The zero-order valence-corrected chi connectivity index (χ0v) is 9.59. The second-order valence-corrected chi connectivity index (χ2v) is 3.92. The standard InChI is InChI=1S/C12H12N6/c13-8-1-2-10-11(5-8)18-12(17-10)15-6-9-3-4-14-7-16-9/h1-5,7H,6,13H2,(H2,15,17,18). The number of nitrogen functional groups attached to an aromatic ring is 1. The van der Waals surface area contributed by atoms with Gasteiger partial charge < -0.3 is 16.0 Å². The smallest absolute Gasteiger partial charge is 0.201 e. The van der Waals surface area contributed by atoms with Crippen molar-refractivity contribution in [2.45, 2.75) is 6.54 Å². The van der Waals surface area contributed by atoms with E-state index in [-0.39, 0.29) is 0 Å². The van der Waals surface area contributed by atoms with Gasteiger partial charge in [-0.1, -0.05) is 0 Å². The fourth-order valence-electron chi connectivity index (χ4n) is 1.71. The van der Waals surface area contributed by atoms with Crippen LogP contribution in [-0.4, -0.2) is 19.9 Å². The number of imidazole rings is 1. The summed E-state index contributed by atoms with van der Waals surface area (Å²) in [5.41, 5.74) is 9.14. The lowest BCUT2D eigenvalue weighted by Gasteiger charge is -2.00. The molecule has 0 saturated heterocycles. The van der Waals surface area contributed by atoms with Crippen molar-refractivity contribution in [2.24, 2.45) is 0 Å². The summed E-state index contributed by atoms with van der Waals surface area (Å²) in [7, 11) is 0. The summed E-state index contributed by atoms with van der Waals surface area (Å²) in [6, 6.07) is 7.43. The van der Waals surface area contributed by atoms with Crippen LogP contribution in [0.15, 0.2) is 36.8 Å². The van der Waals surface area contributed by atoms with Gasteiger partial charge in [0.1, 0.15) is 6.33 Å². The number of H-pyrrole nitrogens is 1. The third-order valence-electron chi connectivity index (χ3n) is 2.59. The number of nitrogens with one attached hydrogen (secondary N) is 2. The number of aromatic nitrogens is 4. The van der Waals surface area contributed by atoms with Crippen molar-refractivity contribution in [3.05, 3.63) is 42.5 Å². The molecule has 3 aromatic rings. The normalized spacial score (nSPS) is 10.7. The van der Waals surface area contributed by atoms with Gasteiger partial charge in [0.15, 0.2) is 0 Å². The average molecular weight is 240 g/mol. The minimum Gasteiger partial charge on any atom is -0.399 e. The van der Waals surface area contributed by atoms with Gasteiger partial charge >= 0.3 is 0 Å². The summed E-state index contributed by atoms with van der Waals surface area (Å²) in [5.74, 6) is 0.703. The van der Waals surface area contributed by atoms with E-state index in [1.807, 2.05) is 24.3 Å². The van der Waals surface area contributed by atoms with Crippen LogP contribution in [0.3, 0.4) is 0 Å². The number of nitrogens with two attached hydrogens (primary N) is 1. The average Bonchev–Trinajstić information content (AvgIpc) is 2.79. The van der Waals surface area contributed by atoms with Gasteiger partial charge in [-0.25, -0.2) is 15.0 Å². The Kier molecular flexibility index (Phi) is 2.53. The minimum atomic E-state index is 0.595. The molecule has 0 aliphatic rings. The Bertz CT molecular complexity index is 661. The third kappa shape index (κ3) is 2.08. The summed E-state index contributed by atoms with van der Waals surface area (Å²) in [4.78, 5) is 15.6. The van der Waals surface area contributed by atoms with E-state index in [1.54, 1.807) is 6.20 Å². The van der Waals surface area contributed by atoms with Crippen molar-refractivity contribution in [2.75, 3.05) is 11.1 Å². The van der Waals surface area contributed by atoms with Crippen molar-refractivity contribution in [3.63, 3.8) is 0 Å². The van der Waals surface area contributed by atoms with Crippen LogP contribution in [0, 0.1) is 0 Å². The van der Waals surface area contributed by atoms with Gasteiger partial charge in [-0.3, -0.25) is 0 Å². The van der Waals surface area contributed by atoms with E-state index in [1.165, 1.54) is 6.33 Å². The maximum absolute atomic E-state index is 5.71. The Balaban J connectivity index is 1.79. The van der Waals surface area contributed by atoms with E-state index >= 15 is 0 Å². The van der Waals surface area contributed by atoms with Crippen LogP contribution in [0.2, 0.25) is 0 Å². The topological polar surface area (TPSA) is 92.5 Å². The Morgan fingerprint density at radius 3 is 3.06 bits per heavy atom. The first-order valence-corrected chi connectivity index (χ1v) is 5.55. The molecule has 0 unspecified atom stereocenters. The molecule has 0 aliphatic carbocycles. The van der Waals surface area contributed by atoms with E-state index in [0.717, 1.165) is 16.7 Å². The number of rotatable bonds is 3. The quantitative estimate of drug-likeness (QED) is 0.604. The second-order valence-electron chi connectivity index (χ2n) is 3.92. The van der Waals surface area contributed by atoms with Gasteiger partial charge in [-0.05, 0) is 24.3 Å². The number of hydrogen-bond acceptors (Lipinski definition) is 5. The predicted molar refractivity (Wildman–Crippen MR) is 69.9 cm³/mol. The number of fused-ring (bicyclic) bond motifs is 1. The first kappa shape index (κ1) is 10.5. The van der Waals surface area contributed by atoms with E-state index in [2.05, 4.69) is 25.3 Å². The first-order valence-electron chi connectivity index (χ1n) is 5.55. The van der Waals surface area contributed by atoms with Crippen LogP contribution >= 0.6 is 0 Å². The first-order chi connectivity index (χ1) is 8.81. The number of hydrogen-bond donors (Lipinski definition) is 3. The molecule has 0 saturated carbocycles. The number of anilines is 2. The van der Waals surface area contributed by atoms with E-state index < -0.39 is 0 Å². The Hall–Kier alpha value is -2.63. The maximum Gasteiger partial charge on any atom is 0.201 e. The molecule has 0 aliphatic heterocycles. The highest BCUT2D eigenvalue weighted by Crippen LogP contribution is 2.17. The van der Waals surface area contributed by atoms with E-state index in [4.69, 9.17) is 5.73 Å². The SMILES string of the molecule is Nc1ccc2nc(NCc3ccncn3)[nH]c2c1. The van der Waals surface area contributed by atoms with Crippen molar-refractivity contribution in [3.8, 4) is 0 Å². The highest BCUT2D eigenvalue weighted by Gasteiger charge is 2.02.